The third-order valence-electron chi connectivity index (χ3n) is 4.90. The predicted octanol–water partition coefficient (Wildman–Crippen LogP) is 3.82. The minimum atomic E-state index is -0.106. The molecule has 2 N–H and O–H groups in total. The van der Waals surface area contributed by atoms with Crippen LogP contribution in [0.4, 0.5) is 0 Å². The molecule has 1 fully saturated rings. The quantitative estimate of drug-likeness (QED) is 0.838. The summed E-state index contributed by atoms with van der Waals surface area (Å²) >= 11 is 0. The zero-order valence-corrected chi connectivity index (χ0v) is 13.4. The fraction of sp³-hybridized carbons (Fsp3) is 0.611. The van der Waals surface area contributed by atoms with Gasteiger partial charge < -0.3 is 10.5 Å². The molecule has 116 valence electrons. The Morgan fingerprint density at radius 2 is 2.00 bits per heavy atom. The Kier molecular flexibility index (Phi) is 5.04. The van der Waals surface area contributed by atoms with Gasteiger partial charge in [-0.15, -0.1) is 0 Å². The first-order valence-electron chi connectivity index (χ1n) is 7.85. The average Bonchev–Trinajstić information content (AvgIpc) is 2.89. The van der Waals surface area contributed by atoms with E-state index >= 15 is 0 Å². The van der Waals surface area contributed by atoms with Crippen LogP contribution in [-0.4, -0.2) is 13.1 Å². The number of methoxy groups -OCH3 is 1. The molecule has 1 aliphatic carbocycles. The maximum atomic E-state index is 11.7. The van der Waals surface area contributed by atoms with Crippen molar-refractivity contribution in [3.63, 3.8) is 0 Å². The molecule has 2 rings (SSSR count). The molecule has 21 heavy (non-hydrogen) atoms. The number of rotatable bonds is 5. The highest BCUT2D eigenvalue weighted by molar-refractivity contribution is 5.70. The number of hydrogen-bond donors (Lipinski definition) is 1. The summed E-state index contributed by atoms with van der Waals surface area (Å²) in [6, 6.07) is 6.42. The lowest BCUT2D eigenvalue weighted by Crippen LogP contribution is -2.28. The molecule has 3 nitrogen and oxygen atoms in total. The van der Waals surface area contributed by atoms with E-state index in [-0.39, 0.29) is 17.4 Å². The molecule has 1 aromatic rings. The molecule has 1 atom stereocenters. The van der Waals surface area contributed by atoms with Gasteiger partial charge >= 0.3 is 5.97 Å². The van der Waals surface area contributed by atoms with Crippen molar-refractivity contribution in [2.45, 2.75) is 58.4 Å². The normalized spacial score (nSPS) is 18.5. The van der Waals surface area contributed by atoms with E-state index in [1.807, 2.05) is 0 Å². The lowest BCUT2D eigenvalue weighted by molar-refractivity contribution is -0.143. The molecule has 0 saturated heterocycles. The van der Waals surface area contributed by atoms with Crippen molar-refractivity contribution in [3.8, 4) is 0 Å². The van der Waals surface area contributed by atoms with E-state index in [1.165, 1.54) is 36.6 Å². The van der Waals surface area contributed by atoms with Crippen molar-refractivity contribution in [1.29, 1.82) is 0 Å². The van der Waals surface area contributed by atoms with Crippen molar-refractivity contribution in [1.82, 2.24) is 0 Å². The largest absolute Gasteiger partial charge is 0.469 e. The number of nitrogens with two attached hydrogens (primary N) is 1. The van der Waals surface area contributed by atoms with Crippen LogP contribution < -0.4 is 5.73 Å². The maximum Gasteiger partial charge on any atom is 0.306 e. The molecular formula is C18H27NO2. The van der Waals surface area contributed by atoms with E-state index in [0.717, 1.165) is 19.3 Å². The van der Waals surface area contributed by atoms with Crippen molar-refractivity contribution in [2.75, 3.05) is 7.11 Å². The van der Waals surface area contributed by atoms with Crippen LogP contribution in [0.2, 0.25) is 0 Å². The van der Waals surface area contributed by atoms with Crippen LogP contribution in [0.15, 0.2) is 18.2 Å². The predicted molar refractivity (Wildman–Crippen MR) is 85.0 cm³/mol. The second-order valence-electron chi connectivity index (χ2n) is 6.63. The van der Waals surface area contributed by atoms with Gasteiger partial charge in [0, 0.05) is 6.04 Å². The van der Waals surface area contributed by atoms with Gasteiger partial charge in [0.2, 0.25) is 0 Å². The Morgan fingerprint density at radius 3 is 2.62 bits per heavy atom. The van der Waals surface area contributed by atoms with Crippen molar-refractivity contribution < 1.29 is 9.53 Å². The molecule has 0 spiro atoms. The van der Waals surface area contributed by atoms with Crippen molar-refractivity contribution >= 4 is 5.97 Å². The summed E-state index contributed by atoms with van der Waals surface area (Å²) in [5.41, 5.74) is 10.2. The van der Waals surface area contributed by atoms with Crippen LogP contribution >= 0.6 is 0 Å². The number of carbonyl (C=O) groups excluding carboxylic acids is 1. The summed E-state index contributed by atoms with van der Waals surface area (Å²) in [6.07, 6.45) is 5.92. The van der Waals surface area contributed by atoms with Gasteiger partial charge in [-0.25, -0.2) is 0 Å². The van der Waals surface area contributed by atoms with E-state index in [2.05, 4.69) is 32.0 Å². The van der Waals surface area contributed by atoms with Gasteiger partial charge in [0.15, 0.2) is 0 Å². The van der Waals surface area contributed by atoms with Crippen LogP contribution in [0.3, 0.4) is 0 Å². The van der Waals surface area contributed by atoms with E-state index in [9.17, 15) is 4.79 Å². The van der Waals surface area contributed by atoms with Gasteiger partial charge in [-0.3, -0.25) is 4.79 Å². The molecule has 1 aliphatic rings. The highest BCUT2D eigenvalue weighted by Gasteiger charge is 2.38. The number of ether oxygens (including phenoxy) is 1. The number of aryl methyl sites for hydroxylation is 2. The number of hydrogen-bond acceptors (Lipinski definition) is 3. The lowest BCUT2D eigenvalue weighted by atomic mass is 9.75. The Morgan fingerprint density at radius 1 is 1.33 bits per heavy atom. The fourth-order valence-electron chi connectivity index (χ4n) is 3.69. The van der Waals surface area contributed by atoms with Gasteiger partial charge in [-0.05, 0) is 49.7 Å². The third kappa shape index (κ3) is 3.85. The van der Waals surface area contributed by atoms with E-state index < -0.39 is 0 Å². The van der Waals surface area contributed by atoms with Crippen LogP contribution in [0, 0.1) is 19.3 Å². The summed E-state index contributed by atoms with van der Waals surface area (Å²) in [6.45, 7) is 4.20. The Bertz CT molecular complexity index is 504. The number of benzene rings is 1. The summed E-state index contributed by atoms with van der Waals surface area (Å²) < 4.78 is 4.89. The molecule has 1 aromatic carbocycles. The first-order chi connectivity index (χ1) is 9.96. The minimum absolute atomic E-state index is 0.00680. The van der Waals surface area contributed by atoms with Crippen LogP contribution in [0.5, 0.6) is 0 Å². The highest BCUT2D eigenvalue weighted by atomic mass is 16.5. The SMILES string of the molecule is COC(=O)CC1(CC(N)c2cc(C)ccc2C)CCCC1. The molecule has 1 saturated carbocycles. The topological polar surface area (TPSA) is 52.3 Å². The molecule has 0 amide bonds. The Balaban J connectivity index is 2.16. The summed E-state index contributed by atoms with van der Waals surface area (Å²) in [7, 11) is 1.47. The molecule has 0 bridgehead atoms. The van der Waals surface area contributed by atoms with E-state index in [1.54, 1.807) is 0 Å². The molecular weight excluding hydrogens is 262 g/mol. The van der Waals surface area contributed by atoms with E-state index in [0.29, 0.717) is 6.42 Å². The van der Waals surface area contributed by atoms with Gasteiger partial charge in [0.25, 0.3) is 0 Å². The van der Waals surface area contributed by atoms with Crippen LogP contribution in [-0.2, 0) is 9.53 Å². The first-order valence-corrected chi connectivity index (χ1v) is 7.85. The van der Waals surface area contributed by atoms with Crippen molar-refractivity contribution in [2.24, 2.45) is 11.1 Å². The standard InChI is InChI=1S/C18H27NO2/c1-13-6-7-14(2)15(10-13)16(19)11-18(8-4-5-9-18)12-17(20)21-3/h6-7,10,16H,4-5,8-9,11-12,19H2,1-3H3. The third-order valence-corrected chi connectivity index (χ3v) is 4.90. The average molecular weight is 289 g/mol. The second kappa shape index (κ2) is 6.61. The zero-order valence-electron chi connectivity index (χ0n) is 13.4. The van der Waals surface area contributed by atoms with Gasteiger partial charge in [0.05, 0.1) is 13.5 Å². The fourth-order valence-corrected chi connectivity index (χ4v) is 3.69. The monoisotopic (exact) mass is 289 g/mol. The summed E-state index contributed by atoms with van der Waals surface area (Å²) in [5.74, 6) is -0.106. The number of carbonyl (C=O) groups is 1. The van der Waals surface area contributed by atoms with Gasteiger partial charge in [-0.2, -0.15) is 0 Å². The second-order valence-corrected chi connectivity index (χ2v) is 6.63. The maximum absolute atomic E-state index is 11.7. The summed E-state index contributed by atoms with van der Waals surface area (Å²) in [5, 5.41) is 0. The van der Waals surface area contributed by atoms with Gasteiger partial charge in [0.1, 0.15) is 0 Å². The number of esters is 1. The molecule has 0 heterocycles. The Labute approximate surface area is 127 Å². The minimum Gasteiger partial charge on any atom is -0.469 e. The molecule has 3 heteroatoms. The van der Waals surface area contributed by atoms with Crippen LogP contribution in [0.1, 0.15) is 61.3 Å². The first kappa shape index (κ1) is 16.0. The summed E-state index contributed by atoms with van der Waals surface area (Å²) in [4.78, 5) is 11.7. The van der Waals surface area contributed by atoms with E-state index in [4.69, 9.17) is 10.5 Å². The van der Waals surface area contributed by atoms with Crippen molar-refractivity contribution in [3.05, 3.63) is 34.9 Å². The lowest BCUT2D eigenvalue weighted by Gasteiger charge is -2.31. The molecule has 0 aromatic heterocycles. The smallest absolute Gasteiger partial charge is 0.306 e. The molecule has 1 unspecified atom stereocenters. The van der Waals surface area contributed by atoms with Gasteiger partial charge in [-0.1, -0.05) is 36.6 Å². The zero-order chi connectivity index (χ0) is 15.5. The Hall–Kier alpha value is -1.35. The molecule has 0 radical (unpaired) electrons. The van der Waals surface area contributed by atoms with Crippen LogP contribution in [0.25, 0.3) is 0 Å². The molecule has 0 aliphatic heterocycles. The highest BCUT2D eigenvalue weighted by Crippen LogP contribution is 2.47.